The quantitative estimate of drug-likeness (QED) is 0.714. The van der Waals surface area contributed by atoms with Crippen LogP contribution >= 0.6 is 0 Å². The van der Waals surface area contributed by atoms with Crippen LogP contribution in [-0.2, 0) is 13.6 Å². The first-order valence-electron chi connectivity index (χ1n) is 9.50. The Balaban J connectivity index is 1.54. The van der Waals surface area contributed by atoms with Crippen molar-refractivity contribution in [1.29, 1.82) is 0 Å². The Kier molecular flexibility index (Phi) is 4.79. The molecular weight excluding hydrogens is 338 g/mol. The summed E-state index contributed by atoms with van der Waals surface area (Å²) in [5, 5.41) is 0. The van der Waals surface area contributed by atoms with Crippen LogP contribution in [0.1, 0.15) is 35.4 Å². The Hall–Kier alpha value is -2.89. The monoisotopic (exact) mass is 363 g/mol. The molecule has 27 heavy (non-hydrogen) atoms. The van der Waals surface area contributed by atoms with E-state index in [0.717, 1.165) is 48.6 Å². The Morgan fingerprint density at radius 1 is 1.15 bits per heavy atom. The molecular formula is C21H25N5O. The van der Waals surface area contributed by atoms with Gasteiger partial charge in [0.1, 0.15) is 11.6 Å². The first-order chi connectivity index (χ1) is 13.1. The maximum Gasteiger partial charge on any atom is 0.254 e. The molecule has 0 aliphatic carbocycles. The zero-order valence-electron chi connectivity index (χ0n) is 15.9. The van der Waals surface area contributed by atoms with Crippen LogP contribution < -0.4 is 4.90 Å². The zero-order chi connectivity index (χ0) is 18.8. The lowest BCUT2D eigenvalue weighted by Gasteiger charge is -2.27. The van der Waals surface area contributed by atoms with E-state index in [4.69, 9.17) is 4.98 Å². The summed E-state index contributed by atoms with van der Waals surface area (Å²) in [6.07, 6.45) is 5.12. The van der Waals surface area contributed by atoms with E-state index in [-0.39, 0.29) is 5.91 Å². The number of aryl methyl sites for hydroxylation is 1. The summed E-state index contributed by atoms with van der Waals surface area (Å²) in [6.45, 7) is 2.33. The number of imidazole rings is 1. The van der Waals surface area contributed by atoms with Crippen molar-refractivity contribution >= 4 is 22.8 Å². The van der Waals surface area contributed by atoms with Gasteiger partial charge >= 0.3 is 0 Å². The third-order valence-corrected chi connectivity index (χ3v) is 5.29. The second-order valence-corrected chi connectivity index (χ2v) is 7.19. The Labute approximate surface area is 159 Å². The van der Waals surface area contributed by atoms with Gasteiger partial charge in [-0.3, -0.25) is 4.79 Å². The van der Waals surface area contributed by atoms with Gasteiger partial charge in [0.2, 0.25) is 0 Å². The molecule has 140 valence electrons. The topological polar surface area (TPSA) is 54.3 Å². The number of piperidine rings is 1. The van der Waals surface area contributed by atoms with Crippen molar-refractivity contribution in [3.63, 3.8) is 0 Å². The van der Waals surface area contributed by atoms with Crippen LogP contribution in [0.4, 0.5) is 5.82 Å². The van der Waals surface area contributed by atoms with Crippen LogP contribution in [0.25, 0.3) is 11.0 Å². The fourth-order valence-corrected chi connectivity index (χ4v) is 3.67. The summed E-state index contributed by atoms with van der Waals surface area (Å²) in [6, 6.07) is 11.8. The molecule has 1 saturated heterocycles. The van der Waals surface area contributed by atoms with Gasteiger partial charge in [-0.25, -0.2) is 9.97 Å². The molecule has 1 aliphatic heterocycles. The lowest BCUT2D eigenvalue weighted by Crippen LogP contribution is -2.35. The minimum atomic E-state index is 0.106. The van der Waals surface area contributed by atoms with Crippen molar-refractivity contribution < 1.29 is 4.79 Å². The second-order valence-electron chi connectivity index (χ2n) is 7.19. The molecule has 2 aromatic heterocycles. The third kappa shape index (κ3) is 3.52. The molecule has 1 aromatic carbocycles. The maximum absolute atomic E-state index is 12.8. The molecule has 0 atom stereocenters. The van der Waals surface area contributed by atoms with Gasteiger partial charge in [-0.15, -0.1) is 0 Å². The molecule has 6 nitrogen and oxygen atoms in total. The van der Waals surface area contributed by atoms with Crippen molar-refractivity contribution in [2.45, 2.75) is 25.8 Å². The predicted molar refractivity (Wildman–Crippen MR) is 107 cm³/mol. The van der Waals surface area contributed by atoms with E-state index in [1.807, 2.05) is 54.2 Å². The zero-order valence-corrected chi connectivity index (χ0v) is 15.9. The number of fused-ring (bicyclic) bond motifs is 1. The first kappa shape index (κ1) is 17.5. The first-order valence-corrected chi connectivity index (χ1v) is 9.50. The Bertz CT molecular complexity index is 958. The van der Waals surface area contributed by atoms with Crippen LogP contribution in [0.2, 0.25) is 0 Å². The number of hydrogen-bond acceptors (Lipinski definition) is 4. The summed E-state index contributed by atoms with van der Waals surface area (Å²) < 4.78 is 2.11. The summed E-state index contributed by atoms with van der Waals surface area (Å²) in [7, 11) is 4.01. The highest BCUT2D eigenvalue weighted by atomic mass is 16.2. The molecule has 0 bridgehead atoms. The van der Waals surface area contributed by atoms with Crippen molar-refractivity contribution in [1.82, 2.24) is 19.4 Å². The van der Waals surface area contributed by atoms with Gasteiger partial charge in [-0.05, 0) is 43.5 Å². The van der Waals surface area contributed by atoms with Crippen LogP contribution in [0, 0.1) is 0 Å². The van der Waals surface area contributed by atoms with E-state index in [1.165, 1.54) is 6.42 Å². The standard InChI is InChI=1S/C21H25N5O/c1-24(15-20-23-17-8-4-5-9-18(17)25(20)2)19-14-16(10-11-22-19)21(27)26-12-6-3-7-13-26/h4-5,8-11,14H,3,6-7,12-13,15H2,1-2H3. The number of para-hydroxylation sites is 2. The highest BCUT2D eigenvalue weighted by Crippen LogP contribution is 2.20. The maximum atomic E-state index is 12.8. The number of pyridine rings is 1. The number of anilines is 1. The molecule has 0 saturated carbocycles. The third-order valence-electron chi connectivity index (χ3n) is 5.29. The molecule has 3 aromatic rings. The Morgan fingerprint density at radius 3 is 2.70 bits per heavy atom. The number of hydrogen-bond donors (Lipinski definition) is 0. The van der Waals surface area contributed by atoms with Crippen molar-refractivity contribution in [2.24, 2.45) is 7.05 Å². The number of likely N-dealkylation sites (tertiary alicyclic amines) is 1. The lowest BCUT2D eigenvalue weighted by molar-refractivity contribution is 0.0724. The van der Waals surface area contributed by atoms with Gasteiger partial charge in [-0.1, -0.05) is 12.1 Å². The lowest BCUT2D eigenvalue weighted by atomic mass is 10.1. The number of aromatic nitrogens is 3. The normalized spacial score (nSPS) is 14.5. The van der Waals surface area contributed by atoms with Gasteiger partial charge < -0.3 is 14.4 Å². The van der Waals surface area contributed by atoms with Crippen LogP contribution in [-0.4, -0.2) is 45.5 Å². The van der Waals surface area contributed by atoms with E-state index in [9.17, 15) is 4.79 Å². The van der Waals surface area contributed by atoms with Crippen LogP contribution in [0.15, 0.2) is 42.6 Å². The average molecular weight is 363 g/mol. The van der Waals surface area contributed by atoms with Crippen molar-refractivity contribution in [2.75, 3.05) is 25.0 Å². The van der Waals surface area contributed by atoms with Gasteiger partial charge in [0.25, 0.3) is 5.91 Å². The number of carbonyl (C=O) groups excluding carboxylic acids is 1. The summed E-state index contributed by atoms with van der Waals surface area (Å²) in [5.41, 5.74) is 2.81. The Morgan fingerprint density at radius 2 is 1.93 bits per heavy atom. The van der Waals surface area contributed by atoms with E-state index in [1.54, 1.807) is 6.20 Å². The molecule has 1 aliphatic rings. The molecule has 0 N–H and O–H groups in total. The van der Waals surface area contributed by atoms with Gasteiger partial charge in [0.15, 0.2) is 0 Å². The van der Waals surface area contributed by atoms with E-state index in [2.05, 4.69) is 15.6 Å². The molecule has 0 spiro atoms. The number of benzene rings is 1. The number of nitrogens with zero attached hydrogens (tertiary/aromatic N) is 5. The highest BCUT2D eigenvalue weighted by molar-refractivity contribution is 5.94. The SMILES string of the molecule is CN(Cc1nc2ccccc2n1C)c1cc(C(=O)N2CCCCC2)ccn1. The number of amides is 1. The molecule has 6 heteroatoms. The summed E-state index contributed by atoms with van der Waals surface area (Å²) >= 11 is 0. The average Bonchev–Trinajstić information content (AvgIpc) is 3.04. The van der Waals surface area contributed by atoms with E-state index >= 15 is 0 Å². The van der Waals surface area contributed by atoms with Crippen molar-refractivity contribution in [3.05, 3.63) is 54.0 Å². The molecule has 0 radical (unpaired) electrons. The van der Waals surface area contributed by atoms with Gasteiger partial charge in [0, 0.05) is 38.9 Å². The number of carbonyl (C=O) groups is 1. The van der Waals surface area contributed by atoms with Crippen molar-refractivity contribution in [3.8, 4) is 0 Å². The number of rotatable bonds is 4. The minimum Gasteiger partial charge on any atom is -0.352 e. The van der Waals surface area contributed by atoms with E-state index in [0.29, 0.717) is 12.1 Å². The molecule has 1 fully saturated rings. The fraction of sp³-hybridized carbons (Fsp3) is 0.381. The molecule has 4 rings (SSSR count). The molecule has 0 unspecified atom stereocenters. The molecule has 1 amide bonds. The largest absolute Gasteiger partial charge is 0.352 e. The van der Waals surface area contributed by atoms with E-state index < -0.39 is 0 Å². The molecule has 3 heterocycles. The smallest absolute Gasteiger partial charge is 0.254 e. The minimum absolute atomic E-state index is 0.106. The van der Waals surface area contributed by atoms with Gasteiger partial charge in [-0.2, -0.15) is 0 Å². The fourth-order valence-electron chi connectivity index (χ4n) is 3.67. The summed E-state index contributed by atoms with van der Waals surface area (Å²) in [5.74, 6) is 1.85. The summed E-state index contributed by atoms with van der Waals surface area (Å²) in [4.78, 5) is 25.9. The van der Waals surface area contributed by atoms with Gasteiger partial charge in [0.05, 0.1) is 17.6 Å². The van der Waals surface area contributed by atoms with Crippen LogP contribution in [0.3, 0.4) is 0 Å². The predicted octanol–water partition coefficient (Wildman–Crippen LogP) is 3.23. The highest BCUT2D eigenvalue weighted by Gasteiger charge is 2.19. The second kappa shape index (κ2) is 7.39. The van der Waals surface area contributed by atoms with Crippen LogP contribution in [0.5, 0.6) is 0 Å².